The van der Waals surface area contributed by atoms with Gasteiger partial charge in [0.1, 0.15) is 11.7 Å². The van der Waals surface area contributed by atoms with Crippen molar-refractivity contribution in [1.82, 2.24) is 5.32 Å². The highest BCUT2D eigenvalue weighted by Crippen LogP contribution is 2.47. The predicted molar refractivity (Wildman–Crippen MR) is 143 cm³/mol. The minimum absolute atomic E-state index is 0.0537. The van der Waals surface area contributed by atoms with Crippen molar-refractivity contribution < 1.29 is 19.1 Å². The lowest BCUT2D eigenvalue weighted by molar-refractivity contribution is -0.147. The van der Waals surface area contributed by atoms with E-state index in [2.05, 4.69) is 24.0 Å². The summed E-state index contributed by atoms with van der Waals surface area (Å²) in [6.07, 6.45) is 1.71. The summed E-state index contributed by atoms with van der Waals surface area (Å²) in [5, 5.41) is 3.35. The Morgan fingerprint density at radius 3 is 2.27 bits per heavy atom. The Hall–Kier alpha value is -4.12. The molecule has 5 heteroatoms. The fourth-order valence-corrected chi connectivity index (χ4v) is 5.46. The summed E-state index contributed by atoms with van der Waals surface area (Å²) >= 11 is 0. The highest BCUT2D eigenvalue weighted by molar-refractivity contribution is 6.01. The number of rotatable bonds is 7. The van der Waals surface area contributed by atoms with Crippen molar-refractivity contribution in [2.24, 2.45) is 5.92 Å². The molecule has 3 aromatic rings. The van der Waals surface area contributed by atoms with E-state index in [4.69, 9.17) is 9.47 Å². The van der Waals surface area contributed by atoms with Crippen LogP contribution in [0.5, 0.6) is 5.75 Å². The van der Waals surface area contributed by atoms with Crippen LogP contribution in [0.15, 0.2) is 108 Å². The van der Waals surface area contributed by atoms with E-state index in [1.54, 1.807) is 7.11 Å². The molecule has 2 aliphatic rings. The molecular formula is C32H31NO4. The van der Waals surface area contributed by atoms with E-state index >= 15 is 0 Å². The number of allylic oxidation sites excluding steroid dienone is 2. The number of Topliss-reactive ketones (excluding diaryl/α,β-unsaturated/α-hetero) is 1. The zero-order valence-corrected chi connectivity index (χ0v) is 21.0. The maximum Gasteiger partial charge on any atom is 0.315 e. The molecule has 0 bridgehead atoms. The number of nitrogens with one attached hydrogen (secondary N) is 1. The molecule has 1 N–H and O–H groups in total. The SMILES string of the molecule is C=C1NC2=C(C(=O)CC(c3ccccc3)C2)C(c2ccc(OC)cc2)C1C(=O)OCCc1ccccc1. The summed E-state index contributed by atoms with van der Waals surface area (Å²) in [7, 11) is 1.61. The molecule has 3 unspecified atom stereocenters. The smallest absolute Gasteiger partial charge is 0.315 e. The number of hydrogen-bond donors (Lipinski definition) is 1. The van der Waals surface area contributed by atoms with Crippen LogP contribution in [-0.4, -0.2) is 25.5 Å². The molecular weight excluding hydrogens is 462 g/mol. The number of methoxy groups -OCH3 is 1. The van der Waals surface area contributed by atoms with Crippen molar-refractivity contribution in [3.63, 3.8) is 0 Å². The number of carbonyl (C=O) groups excluding carboxylic acids is 2. The largest absolute Gasteiger partial charge is 0.497 e. The molecule has 1 aliphatic carbocycles. The second-order valence-corrected chi connectivity index (χ2v) is 9.61. The van der Waals surface area contributed by atoms with E-state index in [9.17, 15) is 9.59 Å². The zero-order valence-electron chi connectivity index (χ0n) is 21.0. The topological polar surface area (TPSA) is 64.6 Å². The minimum atomic E-state index is -0.708. The van der Waals surface area contributed by atoms with E-state index in [1.807, 2.05) is 72.8 Å². The molecule has 188 valence electrons. The van der Waals surface area contributed by atoms with Crippen molar-refractivity contribution in [1.29, 1.82) is 0 Å². The Kier molecular flexibility index (Phi) is 7.22. The van der Waals surface area contributed by atoms with Crippen molar-refractivity contribution in [3.8, 4) is 5.75 Å². The molecule has 1 aliphatic heterocycles. The Labute approximate surface area is 217 Å². The quantitative estimate of drug-likeness (QED) is 0.428. The van der Waals surface area contributed by atoms with Gasteiger partial charge in [0, 0.05) is 35.7 Å². The number of ether oxygens (including phenoxy) is 2. The Morgan fingerprint density at radius 1 is 0.919 bits per heavy atom. The van der Waals surface area contributed by atoms with Crippen LogP contribution in [0.3, 0.4) is 0 Å². The molecule has 0 saturated heterocycles. The maximum absolute atomic E-state index is 13.7. The summed E-state index contributed by atoms with van der Waals surface area (Å²) < 4.78 is 11.1. The van der Waals surface area contributed by atoms with E-state index < -0.39 is 11.8 Å². The predicted octanol–water partition coefficient (Wildman–Crippen LogP) is 5.70. The maximum atomic E-state index is 13.7. The molecule has 0 aromatic heterocycles. The number of hydrogen-bond acceptors (Lipinski definition) is 5. The van der Waals surface area contributed by atoms with Gasteiger partial charge < -0.3 is 14.8 Å². The first-order valence-electron chi connectivity index (χ1n) is 12.7. The van der Waals surface area contributed by atoms with Crippen molar-refractivity contribution in [2.45, 2.75) is 31.1 Å². The van der Waals surface area contributed by atoms with Gasteiger partial charge in [0.05, 0.1) is 13.7 Å². The molecule has 0 amide bonds. The van der Waals surface area contributed by atoms with Crippen LogP contribution in [0, 0.1) is 5.92 Å². The van der Waals surface area contributed by atoms with E-state index in [-0.39, 0.29) is 24.3 Å². The first-order valence-corrected chi connectivity index (χ1v) is 12.7. The standard InChI is InChI=1S/C32H31NO4/c1-21-29(32(35)37-18-17-22-9-5-3-6-10-22)30(24-13-15-26(36-2)16-14-24)31-27(33-21)19-25(20-28(31)34)23-11-7-4-8-12-23/h3-16,25,29-30,33H,1,17-20H2,2H3. The van der Waals surface area contributed by atoms with E-state index in [0.29, 0.717) is 36.3 Å². The molecule has 5 rings (SSSR count). The summed E-state index contributed by atoms with van der Waals surface area (Å²) in [6.45, 7) is 4.49. The number of esters is 1. The lowest BCUT2D eigenvalue weighted by Gasteiger charge is -2.40. The number of benzene rings is 3. The molecule has 3 atom stereocenters. The van der Waals surface area contributed by atoms with Gasteiger partial charge in [0.15, 0.2) is 5.78 Å². The van der Waals surface area contributed by atoms with Gasteiger partial charge in [-0.15, -0.1) is 0 Å². The monoisotopic (exact) mass is 493 g/mol. The Bertz CT molecular complexity index is 1310. The molecule has 37 heavy (non-hydrogen) atoms. The van der Waals surface area contributed by atoms with Crippen LogP contribution in [0.25, 0.3) is 0 Å². The van der Waals surface area contributed by atoms with Crippen molar-refractivity contribution >= 4 is 11.8 Å². The zero-order chi connectivity index (χ0) is 25.8. The van der Waals surface area contributed by atoms with Crippen LogP contribution < -0.4 is 10.1 Å². The van der Waals surface area contributed by atoms with Gasteiger partial charge in [-0.05, 0) is 41.2 Å². The summed E-state index contributed by atoms with van der Waals surface area (Å²) in [5.74, 6) is -0.703. The third-order valence-corrected chi connectivity index (χ3v) is 7.32. The third-order valence-electron chi connectivity index (χ3n) is 7.32. The van der Waals surface area contributed by atoms with Crippen LogP contribution in [0.2, 0.25) is 0 Å². The second kappa shape index (κ2) is 10.9. The summed E-state index contributed by atoms with van der Waals surface area (Å²) in [5.41, 5.74) is 5.18. The van der Waals surface area contributed by atoms with Crippen LogP contribution in [0.4, 0.5) is 0 Å². The van der Waals surface area contributed by atoms with Crippen LogP contribution >= 0.6 is 0 Å². The molecule has 0 saturated carbocycles. The second-order valence-electron chi connectivity index (χ2n) is 9.61. The van der Waals surface area contributed by atoms with Crippen molar-refractivity contribution in [2.75, 3.05) is 13.7 Å². The van der Waals surface area contributed by atoms with Crippen LogP contribution in [-0.2, 0) is 20.7 Å². The summed E-state index contributed by atoms with van der Waals surface area (Å²) in [6, 6.07) is 27.6. The fourth-order valence-electron chi connectivity index (χ4n) is 5.46. The number of ketones is 1. The third kappa shape index (κ3) is 5.21. The highest BCUT2D eigenvalue weighted by Gasteiger charge is 2.45. The van der Waals surface area contributed by atoms with E-state index in [1.165, 1.54) is 0 Å². The molecule has 3 aromatic carbocycles. The molecule has 1 heterocycles. The first-order chi connectivity index (χ1) is 18.0. The molecule has 0 fully saturated rings. The normalized spacial score (nSPS) is 21.2. The highest BCUT2D eigenvalue weighted by atomic mass is 16.5. The van der Waals surface area contributed by atoms with Crippen LogP contribution in [0.1, 0.15) is 41.4 Å². The number of carbonyl (C=O) groups is 2. The fraction of sp³-hybridized carbons (Fsp3) is 0.250. The summed E-state index contributed by atoms with van der Waals surface area (Å²) in [4.78, 5) is 27.2. The van der Waals surface area contributed by atoms with Gasteiger partial charge in [-0.3, -0.25) is 9.59 Å². The average Bonchev–Trinajstić information content (AvgIpc) is 2.93. The Balaban J connectivity index is 1.46. The lowest BCUT2D eigenvalue weighted by atomic mass is 9.69. The van der Waals surface area contributed by atoms with Gasteiger partial charge in [0.25, 0.3) is 0 Å². The minimum Gasteiger partial charge on any atom is -0.497 e. The molecule has 5 nitrogen and oxygen atoms in total. The van der Waals surface area contributed by atoms with Gasteiger partial charge in [0.2, 0.25) is 0 Å². The van der Waals surface area contributed by atoms with E-state index in [0.717, 1.165) is 22.4 Å². The van der Waals surface area contributed by atoms with Gasteiger partial charge >= 0.3 is 5.97 Å². The average molecular weight is 494 g/mol. The van der Waals surface area contributed by atoms with Gasteiger partial charge in [-0.1, -0.05) is 79.4 Å². The first kappa shape index (κ1) is 24.6. The lowest BCUT2D eigenvalue weighted by Crippen LogP contribution is -2.42. The molecule has 0 radical (unpaired) electrons. The Morgan fingerprint density at radius 2 is 1.59 bits per heavy atom. The van der Waals surface area contributed by atoms with Gasteiger partial charge in [-0.25, -0.2) is 0 Å². The van der Waals surface area contributed by atoms with Crippen molar-refractivity contribution in [3.05, 3.63) is 125 Å². The van der Waals surface area contributed by atoms with Gasteiger partial charge in [-0.2, -0.15) is 0 Å². The molecule has 0 spiro atoms.